The summed E-state index contributed by atoms with van der Waals surface area (Å²) in [5.41, 5.74) is 1.11. The Morgan fingerprint density at radius 1 is 1.64 bits per heavy atom. The van der Waals surface area contributed by atoms with Crippen molar-refractivity contribution in [3.8, 4) is 0 Å². The van der Waals surface area contributed by atoms with Crippen LogP contribution < -0.4 is 5.32 Å². The van der Waals surface area contributed by atoms with E-state index >= 15 is 0 Å². The first-order chi connectivity index (χ1) is 6.74. The second kappa shape index (κ2) is 5.81. The van der Waals surface area contributed by atoms with Gasteiger partial charge in [-0.05, 0) is 25.0 Å². The molecule has 80 valence electrons. The van der Waals surface area contributed by atoms with Gasteiger partial charge in [0.05, 0.1) is 0 Å². The fourth-order valence-corrected chi connectivity index (χ4v) is 1.64. The predicted octanol–water partition coefficient (Wildman–Crippen LogP) is 1.16. The van der Waals surface area contributed by atoms with Crippen LogP contribution in [0.5, 0.6) is 0 Å². The Morgan fingerprint density at radius 3 is 3.00 bits per heavy atom. The van der Waals surface area contributed by atoms with Crippen LogP contribution in [-0.2, 0) is 4.79 Å². The highest BCUT2D eigenvalue weighted by Crippen LogP contribution is 2.10. The lowest BCUT2D eigenvalue weighted by molar-refractivity contribution is -0.127. The first kappa shape index (κ1) is 11.2. The van der Waals surface area contributed by atoms with Crippen molar-refractivity contribution < 1.29 is 4.79 Å². The first-order valence-corrected chi connectivity index (χ1v) is 5.39. The zero-order chi connectivity index (χ0) is 10.4. The standard InChI is InChI=1S/C11H20N2O/c1-3-6-12-8-10(2)9-13-7-4-5-11(13)14/h12H,2-9H2,1H3. The van der Waals surface area contributed by atoms with E-state index in [1.54, 1.807) is 0 Å². The minimum Gasteiger partial charge on any atom is -0.339 e. The van der Waals surface area contributed by atoms with Crippen molar-refractivity contribution >= 4 is 5.91 Å². The highest BCUT2D eigenvalue weighted by molar-refractivity contribution is 5.78. The van der Waals surface area contributed by atoms with Crippen LogP contribution in [0.15, 0.2) is 12.2 Å². The monoisotopic (exact) mass is 196 g/mol. The van der Waals surface area contributed by atoms with Gasteiger partial charge in [-0.1, -0.05) is 13.5 Å². The molecule has 0 saturated carbocycles. The molecule has 1 rings (SSSR count). The third kappa shape index (κ3) is 3.50. The van der Waals surface area contributed by atoms with Gasteiger partial charge in [-0.2, -0.15) is 0 Å². The molecule has 14 heavy (non-hydrogen) atoms. The summed E-state index contributed by atoms with van der Waals surface area (Å²) in [6, 6.07) is 0. The summed E-state index contributed by atoms with van der Waals surface area (Å²) < 4.78 is 0. The quantitative estimate of drug-likeness (QED) is 0.511. The highest BCUT2D eigenvalue weighted by atomic mass is 16.2. The van der Waals surface area contributed by atoms with E-state index in [9.17, 15) is 4.79 Å². The zero-order valence-electron chi connectivity index (χ0n) is 9.01. The van der Waals surface area contributed by atoms with Crippen LogP contribution >= 0.6 is 0 Å². The number of hydrogen-bond acceptors (Lipinski definition) is 2. The lowest BCUT2D eigenvalue weighted by atomic mass is 10.3. The number of amides is 1. The van der Waals surface area contributed by atoms with Gasteiger partial charge in [0.25, 0.3) is 0 Å². The van der Waals surface area contributed by atoms with Gasteiger partial charge < -0.3 is 10.2 Å². The van der Waals surface area contributed by atoms with Crippen LogP contribution in [-0.4, -0.2) is 37.0 Å². The molecule has 0 aliphatic carbocycles. The van der Waals surface area contributed by atoms with Crippen molar-refractivity contribution in [1.29, 1.82) is 0 Å². The molecule has 1 aliphatic heterocycles. The van der Waals surface area contributed by atoms with Crippen molar-refractivity contribution in [3.05, 3.63) is 12.2 Å². The molecule has 0 radical (unpaired) electrons. The number of carbonyl (C=O) groups is 1. The highest BCUT2D eigenvalue weighted by Gasteiger charge is 2.19. The first-order valence-electron chi connectivity index (χ1n) is 5.39. The Balaban J connectivity index is 2.16. The summed E-state index contributed by atoms with van der Waals surface area (Å²) in [6.45, 7) is 9.60. The molecule has 0 spiro atoms. The van der Waals surface area contributed by atoms with Gasteiger partial charge in [-0.15, -0.1) is 0 Å². The molecule has 3 nitrogen and oxygen atoms in total. The summed E-state index contributed by atoms with van der Waals surface area (Å²) in [7, 11) is 0. The van der Waals surface area contributed by atoms with E-state index < -0.39 is 0 Å². The average molecular weight is 196 g/mol. The molecule has 1 N–H and O–H groups in total. The molecule has 3 heteroatoms. The van der Waals surface area contributed by atoms with E-state index in [1.165, 1.54) is 0 Å². The Morgan fingerprint density at radius 2 is 2.43 bits per heavy atom. The lowest BCUT2D eigenvalue weighted by Crippen LogP contribution is -2.30. The number of nitrogens with zero attached hydrogens (tertiary/aromatic N) is 1. The van der Waals surface area contributed by atoms with Gasteiger partial charge in [0.15, 0.2) is 0 Å². The summed E-state index contributed by atoms with van der Waals surface area (Å²) in [5.74, 6) is 0.279. The van der Waals surface area contributed by atoms with Crippen molar-refractivity contribution in [1.82, 2.24) is 10.2 Å². The molecule has 1 heterocycles. The van der Waals surface area contributed by atoms with Crippen molar-refractivity contribution in [2.24, 2.45) is 0 Å². The minimum absolute atomic E-state index is 0.279. The largest absolute Gasteiger partial charge is 0.339 e. The maximum Gasteiger partial charge on any atom is 0.222 e. The van der Waals surface area contributed by atoms with Crippen molar-refractivity contribution in [2.45, 2.75) is 26.2 Å². The van der Waals surface area contributed by atoms with Gasteiger partial charge in [-0.3, -0.25) is 4.79 Å². The smallest absolute Gasteiger partial charge is 0.222 e. The van der Waals surface area contributed by atoms with E-state index in [1.807, 2.05) is 4.90 Å². The van der Waals surface area contributed by atoms with E-state index in [-0.39, 0.29) is 5.91 Å². The number of hydrogen-bond donors (Lipinski definition) is 1. The molecule has 1 fully saturated rings. The van der Waals surface area contributed by atoms with Gasteiger partial charge in [0.2, 0.25) is 5.91 Å². The molecule has 0 atom stereocenters. The van der Waals surface area contributed by atoms with Crippen LogP contribution in [0.2, 0.25) is 0 Å². The van der Waals surface area contributed by atoms with Crippen LogP contribution in [0.4, 0.5) is 0 Å². The third-order valence-electron chi connectivity index (χ3n) is 2.39. The molecule has 0 aromatic rings. The Labute approximate surface area is 86.2 Å². The van der Waals surface area contributed by atoms with Crippen molar-refractivity contribution in [3.63, 3.8) is 0 Å². The maximum absolute atomic E-state index is 11.3. The minimum atomic E-state index is 0.279. The van der Waals surface area contributed by atoms with Crippen LogP contribution in [0.3, 0.4) is 0 Å². The molecule has 0 bridgehead atoms. The predicted molar refractivity (Wildman–Crippen MR) is 58.1 cm³/mol. The van der Waals surface area contributed by atoms with Gasteiger partial charge in [0, 0.05) is 26.1 Å². The molecule has 0 aromatic carbocycles. The fraction of sp³-hybridized carbons (Fsp3) is 0.727. The number of nitrogens with one attached hydrogen (secondary N) is 1. The SMILES string of the molecule is C=C(CNCCC)CN1CCCC1=O. The molecule has 1 amide bonds. The normalized spacial score (nSPS) is 16.4. The van der Waals surface area contributed by atoms with Gasteiger partial charge in [0.1, 0.15) is 0 Å². The molecule has 0 aromatic heterocycles. The average Bonchev–Trinajstić information content (AvgIpc) is 2.52. The molecule has 0 unspecified atom stereocenters. The number of carbonyl (C=O) groups excluding carboxylic acids is 1. The van der Waals surface area contributed by atoms with Crippen LogP contribution in [0.25, 0.3) is 0 Å². The second-order valence-electron chi connectivity index (χ2n) is 3.85. The van der Waals surface area contributed by atoms with E-state index in [0.717, 1.165) is 51.0 Å². The summed E-state index contributed by atoms with van der Waals surface area (Å²) in [5, 5.41) is 3.29. The third-order valence-corrected chi connectivity index (χ3v) is 2.39. The second-order valence-corrected chi connectivity index (χ2v) is 3.85. The maximum atomic E-state index is 11.3. The van der Waals surface area contributed by atoms with Crippen LogP contribution in [0.1, 0.15) is 26.2 Å². The Bertz CT molecular complexity index is 213. The Kier molecular flexibility index (Phi) is 4.66. The van der Waals surface area contributed by atoms with Crippen LogP contribution in [0, 0.1) is 0 Å². The molecule has 1 aliphatic rings. The fourth-order valence-electron chi connectivity index (χ4n) is 1.64. The van der Waals surface area contributed by atoms with E-state index in [0.29, 0.717) is 0 Å². The molecular weight excluding hydrogens is 176 g/mol. The summed E-state index contributed by atoms with van der Waals surface area (Å²) in [6.07, 6.45) is 2.86. The molecule has 1 saturated heterocycles. The lowest BCUT2D eigenvalue weighted by Gasteiger charge is -2.17. The summed E-state index contributed by atoms with van der Waals surface area (Å²) >= 11 is 0. The van der Waals surface area contributed by atoms with E-state index in [2.05, 4.69) is 18.8 Å². The Hall–Kier alpha value is -0.830. The molecular formula is C11H20N2O. The zero-order valence-corrected chi connectivity index (χ0v) is 9.01. The number of likely N-dealkylation sites (tertiary alicyclic amines) is 1. The van der Waals surface area contributed by atoms with Gasteiger partial charge in [-0.25, -0.2) is 0 Å². The number of rotatable bonds is 6. The van der Waals surface area contributed by atoms with Gasteiger partial charge >= 0.3 is 0 Å². The van der Waals surface area contributed by atoms with E-state index in [4.69, 9.17) is 0 Å². The van der Waals surface area contributed by atoms with Crippen molar-refractivity contribution in [2.75, 3.05) is 26.2 Å². The topological polar surface area (TPSA) is 32.3 Å². The summed E-state index contributed by atoms with van der Waals surface area (Å²) in [4.78, 5) is 13.2.